The van der Waals surface area contributed by atoms with Crippen LogP contribution in [-0.2, 0) is 14.3 Å². The Kier molecular flexibility index (Phi) is 17.3. The maximum atomic E-state index is 12.5. The number of carbonyl (C=O) groups excluding carboxylic acids is 2. The van der Waals surface area contributed by atoms with Gasteiger partial charge in [-0.3, -0.25) is 9.59 Å². The average molecular weight is 567 g/mol. The first-order valence-corrected chi connectivity index (χ1v) is 15.5. The number of hydrogen-bond acceptors (Lipinski definition) is 7. The third-order valence-corrected chi connectivity index (χ3v) is 8.18. The standard InChI is InChI=1S/C29H46N2O5S2/c1-22(2)11-9-15-30-26(32)20-34-17-18-35-27(37-38-29(5,6)7)21-36-25-14-8-13-24(19-25)28(33)31-16-10-12-23(3)4/h8,13-14,19,22-23,27H,10,12,15-18,20-21H2,1-7H3,(H,30,32)(H,31,33)/t27-/m1/s1. The molecule has 0 aliphatic heterocycles. The molecule has 0 aliphatic carbocycles. The van der Waals surface area contributed by atoms with Gasteiger partial charge in [0.15, 0.2) is 0 Å². The first-order chi connectivity index (χ1) is 18.0. The summed E-state index contributed by atoms with van der Waals surface area (Å²) < 4.78 is 17.5. The van der Waals surface area contributed by atoms with Crippen molar-refractivity contribution in [3.05, 3.63) is 29.8 Å². The zero-order valence-corrected chi connectivity index (χ0v) is 25.7. The molecule has 2 amide bonds. The Morgan fingerprint density at radius 3 is 2.53 bits per heavy atom. The van der Waals surface area contributed by atoms with Gasteiger partial charge in [-0.2, -0.15) is 0 Å². The van der Waals surface area contributed by atoms with Gasteiger partial charge in [-0.25, -0.2) is 0 Å². The molecule has 7 nitrogen and oxygen atoms in total. The van der Waals surface area contributed by atoms with Crippen LogP contribution in [0.3, 0.4) is 0 Å². The van der Waals surface area contributed by atoms with Gasteiger partial charge in [0, 0.05) is 22.8 Å². The first-order valence-electron chi connectivity index (χ1n) is 13.3. The molecule has 0 unspecified atom stereocenters. The Morgan fingerprint density at radius 1 is 1.08 bits per heavy atom. The van der Waals surface area contributed by atoms with Crippen molar-refractivity contribution in [2.75, 3.05) is 39.5 Å². The molecule has 0 spiro atoms. The minimum atomic E-state index is -0.253. The second-order valence-corrected chi connectivity index (χ2v) is 13.7. The molecule has 214 valence electrons. The second-order valence-electron chi connectivity index (χ2n) is 10.5. The maximum Gasteiger partial charge on any atom is 0.251 e. The smallest absolute Gasteiger partial charge is 0.251 e. The van der Waals surface area contributed by atoms with Crippen molar-refractivity contribution in [2.45, 2.75) is 71.5 Å². The van der Waals surface area contributed by atoms with Gasteiger partial charge in [0.2, 0.25) is 5.91 Å². The van der Waals surface area contributed by atoms with Gasteiger partial charge in [-0.1, -0.05) is 88.0 Å². The molecule has 1 aromatic carbocycles. The van der Waals surface area contributed by atoms with Crippen LogP contribution in [0.5, 0.6) is 5.75 Å². The molecule has 0 saturated heterocycles. The summed E-state index contributed by atoms with van der Waals surface area (Å²) in [5.74, 6) is 7.12. The maximum absolute atomic E-state index is 12.5. The minimum Gasteiger partial charge on any atom is -0.490 e. The third kappa shape index (κ3) is 18.4. The summed E-state index contributed by atoms with van der Waals surface area (Å²) in [6, 6.07) is 7.19. The van der Waals surface area contributed by atoms with E-state index in [9.17, 15) is 9.59 Å². The number of ether oxygens (including phenoxy) is 3. The van der Waals surface area contributed by atoms with E-state index in [1.165, 1.54) is 0 Å². The van der Waals surface area contributed by atoms with Crippen molar-refractivity contribution < 1.29 is 23.8 Å². The molecule has 1 rings (SSSR count). The van der Waals surface area contributed by atoms with Crippen LogP contribution >= 0.6 is 21.6 Å². The van der Waals surface area contributed by atoms with E-state index in [1.807, 2.05) is 26.0 Å². The van der Waals surface area contributed by atoms with Crippen LogP contribution in [0.15, 0.2) is 24.3 Å². The van der Waals surface area contributed by atoms with E-state index >= 15 is 0 Å². The average Bonchev–Trinajstić information content (AvgIpc) is 2.84. The molecule has 38 heavy (non-hydrogen) atoms. The molecule has 0 aliphatic rings. The van der Waals surface area contributed by atoms with Gasteiger partial charge in [0.25, 0.3) is 5.91 Å². The van der Waals surface area contributed by atoms with Gasteiger partial charge in [-0.15, -0.1) is 0 Å². The van der Waals surface area contributed by atoms with Crippen LogP contribution in [0.25, 0.3) is 0 Å². The van der Waals surface area contributed by atoms with Crippen LogP contribution in [0.4, 0.5) is 0 Å². The molecule has 0 radical (unpaired) electrons. The lowest BCUT2D eigenvalue weighted by atomic mass is 10.1. The summed E-state index contributed by atoms with van der Waals surface area (Å²) in [7, 11) is 3.30. The van der Waals surface area contributed by atoms with Gasteiger partial charge in [-0.05, 0) is 37.0 Å². The molecule has 0 aromatic heterocycles. The van der Waals surface area contributed by atoms with E-state index in [0.717, 1.165) is 12.8 Å². The fourth-order valence-electron chi connectivity index (χ4n) is 2.86. The van der Waals surface area contributed by atoms with E-state index < -0.39 is 0 Å². The van der Waals surface area contributed by atoms with Gasteiger partial charge < -0.3 is 24.8 Å². The SMILES string of the molecule is CC(C)C#CCNC(=O)COCCO[C@@H](COc1cccc(C(=O)NCCCC(C)C)c1)SSC(C)(C)C. The zero-order valence-electron chi connectivity index (χ0n) is 24.1. The largest absolute Gasteiger partial charge is 0.490 e. The first kappa shape index (κ1) is 34.2. The molecule has 0 bridgehead atoms. The van der Waals surface area contributed by atoms with Crippen LogP contribution in [-0.4, -0.2) is 61.5 Å². The summed E-state index contributed by atoms with van der Waals surface area (Å²) >= 11 is 0. The van der Waals surface area contributed by atoms with E-state index in [1.54, 1.807) is 33.7 Å². The molecule has 0 saturated carbocycles. The van der Waals surface area contributed by atoms with E-state index in [0.29, 0.717) is 43.5 Å². The zero-order chi connectivity index (χ0) is 28.4. The Labute approximate surface area is 237 Å². The van der Waals surface area contributed by atoms with Crippen molar-refractivity contribution >= 4 is 33.4 Å². The predicted molar refractivity (Wildman–Crippen MR) is 159 cm³/mol. The summed E-state index contributed by atoms with van der Waals surface area (Å²) in [6.45, 7) is 16.6. The highest BCUT2D eigenvalue weighted by Gasteiger charge is 2.18. The molecular formula is C29H46N2O5S2. The Balaban J connectivity index is 2.50. The lowest BCUT2D eigenvalue weighted by Gasteiger charge is -2.22. The highest BCUT2D eigenvalue weighted by Crippen LogP contribution is 2.38. The van der Waals surface area contributed by atoms with Gasteiger partial charge in [0.05, 0.1) is 19.8 Å². The van der Waals surface area contributed by atoms with Gasteiger partial charge >= 0.3 is 0 Å². The molecule has 2 N–H and O–H groups in total. The normalized spacial score (nSPS) is 12.1. The second kappa shape index (κ2) is 19.2. The molecule has 0 fully saturated rings. The Bertz CT molecular complexity index is 891. The molecule has 9 heteroatoms. The van der Waals surface area contributed by atoms with Crippen molar-refractivity contribution in [1.82, 2.24) is 10.6 Å². The van der Waals surface area contributed by atoms with E-state index in [2.05, 4.69) is 57.1 Å². The Hall–Kier alpha value is -1.86. The lowest BCUT2D eigenvalue weighted by Crippen LogP contribution is -2.29. The van der Waals surface area contributed by atoms with Gasteiger partial charge in [0.1, 0.15) is 24.4 Å². The lowest BCUT2D eigenvalue weighted by molar-refractivity contribution is -0.126. The summed E-state index contributed by atoms with van der Waals surface area (Å²) in [4.78, 5) is 24.3. The summed E-state index contributed by atoms with van der Waals surface area (Å²) in [5, 5.41) is 5.68. The van der Waals surface area contributed by atoms with Crippen LogP contribution in [0.2, 0.25) is 0 Å². The van der Waals surface area contributed by atoms with E-state index in [4.69, 9.17) is 14.2 Å². The number of hydrogen-bond donors (Lipinski definition) is 2. The Morgan fingerprint density at radius 2 is 1.84 bits per heavy atom. The quantitative estimate of drug-likeness (QED) is 0.111. The summed E-state index contributed by atoms with van der Waals surface area (Å²) in [6.07, 6.45) is 2.05. The van der Waals surface area contributed by atoms with Crippen molar-refractivity contribution in [1.29, 1.82) is 0 Å². The van der Waals surface area contributed by atoms with Crippen molar-refractivity contribution in [3.8, 4) is 17.6 Å². The van der Waals surface area contributed by atoms with Crippen LogP contribution in [0, 0.1) is 23.7 Å². The van der Waals surface area contributed by atoms with Crippen LogP contribution < -0.4 is 15.4 Å². The number of amides is 2. The molecule has 1 aromatic rings. The summed E-state index contributed by atoms with van der Waals surface area (Å²) in [5.41, 5.74) is 0.319. The third-order valence-electron chi connectivity index (χ3n) is 4.66. The predicted octanol–water partition coefficient (Wildman–Crippen LogP) is 5.55. The fraction of sp³-hybridized carbons (Fsp3) is 0.655. The monoisotopic (exact) mass is 566 g/mol. The molecule has 1 atom stereocenters. The number of nitrogens with one attached hydrogen (secondary N) is 2. The fourth-order valence-corrected chi connectivity index (χ4v) is 5.05. The molecular weight excluding hydrogens is 520 g/mol. The van der Waals surface area contributed by atoms with E-state index in [-0.39, 0.29) is 41.1 Å². The highest BCUT2D eigenvalue weighted by molar-refractivity contribution is 8.77. The van der Waals surface area contributed by atoms with Crippen LogP contribution in [0.1, 0.15) is 71.7 Å². The number of rotatable bonds is 17. The molecule has 0 heterocycles. The topological polar surface area (TPSA) is 85.9 Å². The van der Waals surface area contributed by atoms with Crippen molar-refractivity contribution in [2.24, 2.45) is 11.8 Å². The highest BCUT2D eigenvalue weighted by atomic mass is 33.1. The number of carbonyl (C=O) groups is 2. The minimum absolute atomic E-state index is 0.0376. The van der Waals surface area contributed by atoms with Crippen molar-refractivity contribution in [3.63, 3.8) is 0 Å². The number of benzene rings is 1.